The second-order valence-corrected chi connectivity index (χ2v) is 6.70. The summed E-state index contributed by atoms with van der Waals surface area (Å²) in [5.41, 5.74) is 2.87. The third kappa shape index (κ3) is 3.86. The van der Waals surface area contributed by atoms with Crippen molar-refractivity contribution in [1.82, 2.24) is 14.8 Å². The first-order chi connectivity index (χ1) is 14.5. The van der Waals surface area contributed by atoms with Gasteiger partial charge in [-0.15, -0.1) is 0 Å². The van der Waals surface area contributed by atoms with Crippen molar-refractivity contribution in [2.24, 2.45) is 5.92 Å². The predicted octanol–water partition coefficient (Wildman–Crippen LogP) is 3.16. The molecule has 3 heterocycles. The highest BCUT2D eigenvalue weighted by Crippen LogP contribution is 2.25. The van der Waals surface area contributed by atoms with E-state index >= 15 is 0 Å². The van der Waals surface area contributed by atoms with Crippen LogP contribution in [0.2, 0.25) is 0 Å². The SMILES string of the molecule is CC1=CC(=O)C(C(=O)/C=C/c2cn(-c3ccccc3)nc2-c2cccnc2)C(=O)O1. The Morgan fingerprint density at radius 3 is 2.63 bits per heavy atom. The minimum absolute atomic E-state index is 0.182. The van der Waals surface area contributed by atoms with Crippen molar-refractivity contribution in [3.8, 4) is 16.9 Å². The molecule has 0 amide bonds. The normalized spacial score (nSPS) is 16.4. The zero-order valence-electron chi connectivity index (χ0n) is 16.1. The summed E-state index contributed by atoms with van der Waals surface area (Å²) in [7, 11) is 0. The molecule has 30 heavy (non-hydrogen) atoms. The minimum Gasteiger partial charge on any atom is -0.430 e. The van der Waals surface area contributed by atoms with Crippen LogP contribution in [-0.2, 0) is 19.1 Å². The summed E-state index contributed by atoms with van der Waals surface area (Å²) >= 11 is 0. The number of nitrogens with zero attached hydrogens (tertiary/aromatic N) is 3. The molecule has 2 aromatic heterocycles. The van der Waals surface area contributed by atoms with Gasteiger partial charge in [-0.1, -0.05) is 18.2 Å². The molecule has 0 saturated carbocycles. The number of hydrogen-bond donors (Lipinski definition) is 0. The molecule has 1 aliphatic heterocycles. The van der Waals surface area contributed by atoms with Gasteiger partial charge in [-0.05, 0) is 43.3 Å². The van der Waals surface area contributed by atoms with E-state index in [1.54, 1.807) is 35.4 Å². The first kappa shape index (κ1) is 19.2. The summed E-state index contributed by atoms with van der Waals surface area (Å²) in [4.78, 5) is 40.7. The van der Waals surface area contributed by atoms with E-state index in [1.807, 2.05) is 36.4 Å². The van der Waals surface area contributed by atoms with Crippen LogP contribution in [0.15, 0.2) is 79.0 Å². The van der Waals surface area contributed by atoms with Crippen molar-refractivity contribution in [2.75, 3.05) is 0 Å². The van der Waals surface area contributed by atoms with Crippen LogP contribution < -0.4 is 0 Å². The number of cyclic esters (lactones) is 1. The molecule has 1 aliphatic rings. The smallest absolute Gasteiger partial charge is 0.329 e. The lowest BCUT2D eigenvalue weighted by molar-refractivity contribution is -0.151. The molecule has 1 atom stereocenters. The maximum Gasteiger partial charge on any atom is 0.329 e. The predicted molar refractivity (Wildman–Crippen MR) is 109 cm³/mol. The highest BCUT2D eigenvalue weighted by Gasteiger charge is 2.36. The van der Waals surface area contributed by atoms with Gasteiger partial charge in [0.25, 0.3) is 0 Å². The van der Waals surface area contributed by atoms with E-state index in [-0.39, 0.29) is 5.76 Å². The molecule has 0 bridgehead atoms. The maximum atomic E-state index is 12.5. The van der Waals surface area contributed by atoms with E-state index in [0.29, 0.717) is 11.3 Å². The summed E-state index contributed by atoms with van der Waals surface area (Å²) < 4.78 is 6.61. The Hall–Kier alpha value is -4.13. The topological polar surface area (TPSA) is 91.1 Å². The molecule has 0 N–H and O–H groups in total. The lowest BCUT2D eigenvalue weighted by Crippen LogP contribution is -2.34. The molecule has 0 aliphatic carbocycles. The molecule has 0 saturated heterocycles. The Balaban J connectivity index is 1.69. The van der Waals surface area contributed by atoms with Crippen molar-refractivity contribution >= 4 is 23.6 Å². The Labute approximate surface area is 172 Å². The van der Waals surface area contributed by atoms with Gasteiger partial charge in [0.2, 0.25) is 0 Å². The number of allylic oxidation sites excluding steroid dienone is 3. The zero-order chi connectivity index (χ0) is 21.1. The average molecular weight is 399 g/mol. The van der Waals surface area contributed by atoms with Crippen LogP contribution in [0, 0.1) is 5.92 Å². The summed E-state index contributed by atoms with van der Waals surface area (Å²) in [5, 5.41) is 4.63. The van der Waals surface area contributed by atoms with E-state index in [2.05, 4.69) is 10.1 Å². The van der Waals surface area contributed by atoms with Gasteiger partial charge in [0.15, 0.2) is 17.5 Å². The summed E-state index contributed by atoms with van der Waals surface area (Å²) in [6, 6.07) is 13.2. The fourth-order valence-electron chi connectivity index (χ4n) is 3.12. The molecular weight excluding hydrogens is 382 g/mol. The monoisotopic (exact) mass is 399 g/mol. The fourth-order valence-corrected chi connectivity index (χ4v) is 3.12. The first-order valence-corrected chi connectivity index (χ1v) is 9.24. The molecule has 4 rings (SSSR count). The van der Waals surface area contributed by atoms with Crippen LogP contribution in [0.5, 0.6) is 0 Å². The number of carbonyl (C=O) groups excluding carboxylic acids is 3. The van der Waals surface area contributed by atoms with Gasteiger partial charge in [-0.2, -0.15) is 5.10 Å². The van der Waals surface area contributed by atoms with Crippen molar-refractivity contribution in [3.63, 3.8) is 0 Å². The Morgan fingerprint density at radius 1 is 1.13 bits per heavy atom. The molecule has 0 fully saturated rings. The molecule has 0 radical (unpaired) electrons. The number of esters is 1. The van der Waals surface area contributed by atoms with Crippen LogP contribution in [0.4, 0.5) is 0 Å². The van der Waals surface area contributed by atoms with Crippen molar-refractivity contribution < 1.29 is 19.1 Å². The van der Waals surface area contributed by atoms with E-state index in [4.69, 9.17) is 4.74 Å². The van der Waals surface area contributed by atoms with Gasteiger partial charge in [0.1, 0.15) is 11.5 Å². The first-order valence-electron chi connectivity index (χ1n) is 9.24. The molecule has 7 heteroatoms. The average Bonchev–Trinajstić information content (AvgIpc) is 3.17. The minimum atomic E-state index is -1.48. The number of pyridine rings is 1. The van der Waals surface area contributed by atoms with Crippen molar-refractivity contribution in [2.45, 2.75) is 6.92 Å². The van der Waals surface area contributed by atoms with Crippen LogP contribution in [0.25, 0.3) is 23.0 Å². The number of benzene rings is 1. The number of aromatic nitrogens is 3. The van der Waals surface area contributed by atoms with Gasteiger partial charge >= 0.3 is 5.97 Å². The molecule has 0 spiro atoms. The molecule has 7 nitrogen and oxygen atoms in total. The third-order valence-corrected chi connectivity index (χ3v) is 4.54. The molecule has 148 valence electrons. The van der Waals surface area contributed by atoms with Crippen molar-refractivity contribution in [3.05, 3.63) is 84.5 Å². The lowest BCUT2D eigenvalue weighted by atomic mass is 9.96. The van der Waals surface area contributed by atoms with Crippen LogP contribution in [0.1, 0.15) is 12.5 Å². The third-order valence-electron chi connectivity index (χ3n) is 4.54. The van der Waals surface area contributed by atoms with Gasteiger partial charge < -0.3 is 4.74 Å². The van der Waals surface area contributed by atoms with E-state index in [1.165, 1.54) is 13.0 Å². The Morgan fingerprint density at radius 2 is 1.93 bits per heavy atom. The van der Waals surface area contributed by atoms with Crippen molar-refractivity contribution in [1.29, 1.82) is 0 Å². The standard InChI is InChI=1S/C23H17N3O4/c1-15-12-20(28)21(23(29)30-15)19(27)10-9-17-14-26(18-7-3-2-4-8-18)25-22(17)16-6-5-11-24-13-16/h2-14,21H,1H3/b10-9+. The number of rotatable bonds is 5. The summed E-state index contributed by atoms with van der Waals surface area (Å²) in [6.07, 6.45) is 9.02. The number of carbonyl (C=O) groups is 3. The lowest BCUT2D eigenvalue weighted by Gasteiger charge is -2.15. The van der Waals surface area contributed by atoms with E-state index in [0.717, 1.165) is 17.3 Å². The highest BCUT2D eigenvalue weighted by molar-refractivity contribution is 6.25. The molecular formula is C23H17N3O4. The zero-order valence-corrected chi connectivity index (χ0v) is 16.1. The fraction of sp³-hybridized carbons (Fsp3) is 0.0870. The molecule has 3 aromatic rings. The number of ketones is 2. The van der Waals surface area contributed by atoms with Gasteiger partial charge in [0, 0.05) is 35.8 Å². The van der Waals surface area contributed by atoms with Crippen LogP contribution in [-0.4, -0.2) is 32.3 Å². The Bertz CT molecular complexity index is 1180. The van der Waals surface area contributed by atoms with Crippen LogP contribution in [0.3, 0.4) is 0 Å². The number of ether oxygens (including phenoxy) is 1. The quantitative estimate of drug-likeness (QED) is 0.372. The molecule has 1 unspecified atom stereocenters. The van der Waals surface area contributed by atoms with Crippen LogP contribution >= 0.6 is 0 Å². The van der Waals surface area contributed by atoms with Gasteiger partial charge in [-0.25, -0.2) is 4.68 Å². The van der Waals surface area contributed by atoms with Gasteiger partial charge in [-0.3, -0.25) is 19.4 Å². The largest absolute Gasteiger partial charge is 0.430 e. The Kier molecular flexibility index (Phi) is 5.17. The van der Waals surface area contributed by atoms with Gasteiger partial charge in [0.05, 0.1) is 5.69 Å². The number of para-hydroxylation sites is 1. The van der Waals surface area contributed by atoms with E-state index in [9.17, 15) is 14.4 Å². The second kappa shape index (κ2) is 8.08. The molecule has 1 aromatic carbocycles. The maximum absolute atomic E-state index is 12.5. The van der Waals surface area contributed by atoms with E-state index < -0.39 is 23.5 Å². The highest BCUT2D eigenvalue weighted by atomic mass is 16.5. The second-order valence-electron chi connectivity index (χ2n) is 6.70. The summed E-state index contributed by atoms with van der Waals surface area (Å²) in [6.45, 7) is 1.49. The summed E-state index contributed by atoms with van der Waals surface area (Å²) in [5.74, 6) is -3.37. The number of hydrogen-bond acceptors (Lipinski definition) is 6.